The molecule has 21 heavy (non-hydrogen) atoms. The average molecular weight is 291 g/mol. The fourth-order valence-electron chi connectivity index (χ4n) is 2.34. The summed E-state index contributed by atoms with van der Waals surface area (Å²) in [6.07, 6.45) is 4.98. The number of benzene rings is 1. The van der Waals surface area contributed by atoms with Crippen LogP contribution in [0.25, 0.3) is 6.08 Å². The van der Waals surface area contributed by atoms with Gasteiger partial charge in [-0.1, -0.05) is 19.9 Å². The lowest BCUT2D eigenvalue weighted by molar-refractivity contribution is -0.131. The molecule has 0 unspecified atom stereocenters. The molecule has 0 aliphatic heterocycles. The lowest BCUT2D eigenvalue weighted by Gasteiger charge is -2.22. The summed E-state index contributed by atoms with van der Waals surface area (Å²) >= 11 is 0. The first kappa shape index (κ1) is 17.2. The summed E-state index contributed by atoms with van der Waals surface area (Å²) in [6.45, 7) is 7.26. The summed E-state index contributed by atoms with van der Waals surface area (Å²) in [5.74, 6) is -0.0920. The van der Waals surface area contributed by atoms with Crippen LogP contribution in [-0.4, -0.2) is 36.2 Å². The van der Waals surface area contributed by atoms with Gasteiger partial charge in [-0.2, -0.15) is 0 Å². The van der Waals surface area contributed by atoms with Crippen LogP contribution in [0, 0.1) is 0 Å². The van der Waals surface area contributed by atoms with Crippen LogP contribution in [0.2, 0.25) is 0 Å². The minimum atomic E-state index is -0.939. The minimum absolute atomic E-state index is 0.819. The molecule has 1 rings (SSSR count). The first-order valence-corrected chi connectivity index (χ1v) is 7.41. The Bertz CT molecular complexity index is 477. The smallest absolute Gasteiger partial charge is 0.328 e. The maximum Gasteiger partial charge on any atom is 0.328 e. The summed E-state index contributed by atoms with van der Waals surface area (Å²) < 4.78 is 5.42. The normalized spacial score (nSPS) is 11.2. The highest BCUT2D eigenvalue weighted by atomic mass is 16.5. The zero-order chi connectivity index (χ0) is 15.7. The van der Waals surface area contributed by atoms with E-state index in [9.17, 15) is 4.79 Å². The third-order valence-electron chi connectivity index (χ3n) is 3.20. The van der Waals surface area contributed by atoms with Crippen molar-refractivity contribution < 1.29 is 14.6 Å². The molecule has 0 aromatic heterocycles. The number of methoxy groups -OCH3 is 1. The summed E-state index contributed by atoms with van der Waals surface area (Å²) in [4.78, 5) is 13.0. The number of carboxylic acid groups (broad SMARTS) is 1. The van der Waals surface area contributed by atoms with E-state index in [1.54, 1.807) is 13.2 Å². The van der Waals surface area contributed by atoms with E-state index in [-0.39, 0.29) is 0 Å². The number of aliphatic carboxylic acids is 1. The molecule has 0 radical (unpaired) electrons. The molecule has 4 nitrogen and oxygen atoms in total. The number of carboxylic acids is 1. The van der Waals surface area contributed by atoms with E-state index in [1.807, 2.05) is 18.2 Å². The number of ether oxygens (including phenoxy) is 1. The van der Waals surface area contributed by atoms with Gasteiger partial charge in [0.2, 0.25) is 0 Å². The highest BCUT2D eigenvalue weighted by Gasteiger charge is 2.09. The van der Waals surface area contributed by atoms with Crippen molar-refractivity contribution in [3.8, 4) is 5.75 Å². The second-order valence-electron chi connectivity index (χ2n) is 5.02. The molecular formula is C17H25NO3. The maximum absolute atomic E-state index is 10.6. The van der Waals surface area contributed by atoms with Crippen LogP contribution in [0.15, 0.2) is 24.3 Å². The van der Waals surface area contributed by atoms with E-state index in [2.05, 4.69) is 18.7 Å². The van der Waals surface area contributed by atoms with Gasteiger partial charge in [0.25, 0.3) is 0 Å². The van der Waals surface area contributed by atoms with Gasteiger partial charge in [-0.15, -0.1) is 0 Å². The summed E-state index contributed by atoms with van der Waals surface area (Å²) in [5.41, 5.74) is 1.97. The molecule has 1 aromatic carbocycles. The van der Waals surface area contributed by atoms with Crippen LogP contribution >= 0.6 is 0 Å². The molecule has 0 bridgehead atoms. The van der Waals surface area contributed by atoms with E-state index in [1.165, 1.54) is 0 Å². The Morgan fingerprint density at radius 2 is 1.95 bits per heavy atom. The Morgan fingerprint density at radius 3 is 2.48 bits per heavy atom. The van der Waals surface area contributed by atoms with E-state index < -0.39 is 5.97 Å². The molecule has 0 spiro atoms. The molecule has 0 atom stereocenters. The first-order valence-electron chi connectivity index (χ1n) is 7.41. The molecule has 4 heteroatoms. The van der Waals surface area contributed by atoms with Crippen LogP contribution in [0.1, 0.15) is 37.8 Å². The predicted octanol–water partition coefficient (Wildman–Crippen LogP) is 3.42. The number of carbonyl (C=O) groups is 1. The van der Waals surface area contributed by atoms with Crippen LogP contribution < -0.4 is 4.74 Å². The topological polar surface area (TPSA) is 49.8 Å². The van der Waals surface area contributed by atoms with Crippen molar-refractivity contribution in [2.45, 2.75) is 33.2 Å². The number of hydrogen-bond donors (Lipinski definition) is 1. The van der Waals surface area contributed by atoms with Gasteiger partial charge in [0, 0.05) is 18.2 Å². The van der Waals surface area contributed by atoms with Gasteiger partial charge in [0.15, 0.2) is 0 Å². The average Bonchev–Trinajstić information content (AvgIpc) is 2.46. The Morgan fingerprint density at radius 1 is 1.29 bits per heavy atom. The standard InChI is InChI=1S/C17H25NO3/c1-4-10-18(11-5-2)13-15-12-14(7-9-17(19)20)6-8-16(15)21-3/h6-9,12H,4-5,10-11,13H2,1-3H3,(H,19,20). The lowest BCUT2D eigenvalue weighted by atomic mass is 10.1. The van der Waals surface area contributed by atoms with Crippen LogP contribution in [0.5, 0.6) is 5.75 Å². The molecule has 0 saturated carbocycles. The SMILES string of the molecule is CCCN(CCC)Cc1cc(C=CC(=O)O)ccc1OC. The zero-order valence-electron chi connectivity index (χ0n) is 13.1. The van der Waals surface area contributed by atoms with Crippen LogP contribution in [0.3, 0.4) is 0 Å². The molecule has 0 aliphatic carbocycles. The zero-order valence-corrected chi connectivity index (χ0v) is 13.1. The number of nitrogens with zero attached hydrogens (tertiary/aromatic N) is 1. The van der Waals surface area contributed by atoms with Gasteiger partial charge in [0.1, 0.15) is 5.75 Å². The Balaban J connectivity index is 2.95. The van der Waals surface area contributed by atoms with E-state index >= 15 is 0 Å². The second-order valence-corrected chi connectivity index (χ2v) is 5.02. The molecule has 0 heterocycles. The van der Waals surface area contributed by atoms with Crippen molar-refractivity contribution >= 4 is 12.0 Å². The van der Waals surface area contributed by atoms with Gasteiger partial charge in [-0.05, 0) is 49.7 Å². The third-order valence-corrected chi connectivity index (χ3v) is 3.20. The predicted molar refractivity (Wildman–Crippen MR) is 85.5 cm³/mol. The third kappa shape index (κ3) is 6.00. The van der Waals surface area contributed by atoms with Crippen molar-refractivity contribution in [2.75, 3.05) is 20.2 Å². The fraction of sp³-hybridized carbons (Fsp3) is 0.471. The second kappa shape index (κ2) is 9.19. The molecular weight excluding hydrogens is 266 g/mol. The quantitative estimate of drug-likeness (QED) is 0.708. The van der Waals surface area contributed by atoms with E-state index in [0.29, 0.717) is 0 Å². The molecule has 0 aliphatic rings. The van der Waals surface area contributed by atoms with Crippen molar-refractivity contribution in [3.63, 3.8) is 0 Å². The largest absolute Gasteiger partial charge is 0.496 e. The molecule has 0 amide bonds. The molecule has 1 N–H and O–H groups in total. The van der Waals surface area contributed by atoms with Crippen LogP contribution in [0.4, 0.5) is 0 Å². The minimum Gasteiger partial charge on any atom is -0.496 e. The molecule has 0 fully saturated rings. The lowest BCUT2D eigenvalue weighted by Crippen LogP contribution is -2.25. The van der Waals surface area contributed by atoms with Crippen molar-refractivity contribution in [3.05, 3.63) is 35.4 Å². The number of rotatable bonds is 9. The summed E-state index contributed by atoms with van der Waals surface area (Å²) in [7, 11) is 1.66. The van der Waals surface area contributed by atoms with E-state index in [4.69, 9.17) is 9.84 Å². The fourth-order valence-corrected chi connectivity index (χ4v) is 2.34. The van der Waals surface area contributed by atoms with Crippen LogP contribution in [-0.2, 0) is 11.3 Å². The molecule has 116 valence electrons. The highest BCUT2D eigenvalue weighted by Crippen LogP contribution is 2.22. The van der Waals surface area contributed by atoms with Crippen molar-refractivity contribution in [1.29, 1.82) is 0 Å². The summed E-state index contributed by atoms with van der Waals surface area (Å²) in [5, 5.41) is 8.71. The maximum atomic E-state index is 10.6. The van der Waals surface area contributed by atoms with Gasteiger partial charge in [-0.3, -0.25) is 4.90 Å². The van der Waals surface area contributed by atoms with Crippen molar-refractivity contribution in [2.24, 2.45) is 0 Å². The molecule has 0 saturated heterocycles. The highest BCUT2D eigenvalue weighted by molar-refractivity contribution is 5.85. The molecule has 1 aromatic rings. The monoisotopic (exact) mass is 291 g/mol. The Labute approximate surface area is 127 Å². The Hall–Kier alpha value is -1.81. The van der Waals surface area contributed by atoms with Gasteiger partial charge >= 0.3 is 5.97 Å². The first-order chi connectivity index (χ1) is 10.1. The van der Waals surface area contributed by atoms with Gasteiger partial charge in [-0.25, -0.2) is 4.79 Å². The Kier molecular flexibility index (Phi) is 7.54. The van der Waals surface area contributed by atoms with E-state index in [0.717, 1.165) is 55.4 Å². The van der Waals surface area contributed by atoms with Crippen molar-refractivity contribution in [1.82, 2.24) is 4.90 Å². The van der Waals surface area contributed by atoms with Gasteiger partial charge < -0.3 is 9.84 Å². The van der Waals surface area contributed by atoms with Gasteiger partial charge in [0.05, 0.1) is 7.11 Å². The summed E-state index contributed by atoms with van der Waals surface area (Å²) in [6, 6.07) is 5.76. The number of hydrogen-bond acceptors (Lipinski definition) is 3.